The molecular weight excluding hydrogens is 570 g/mol. The third-order valence-corrected chi connectivity index (χ3v) is 6.49. The van der Waals surface area contributed by atoms with Crippen LogP contribution in [0.4, 0.5) is 5.69 Å². The van der Waals surface area contributed by atoms with Gasteiger partial charge in [-0.2, -0.15) is 0 Å². The van der Waals surface area contributed by atoms with Crippen molar-refractivity contribution in [2.24, 2.45) is 10.8 Å². The van der Waals surface area contributed by atoms with Crippen molar-refractivity contribution in [3.63, 3.8) is 0 Å². The second-order valence-corrected chi connectivity index (χ2v) is 12.6. The highest BCUT2D eigenvalue weighted by molar-refractivity contribution is 5.98. The minimum Gasteiger partial charge on any atom is -0.487 e. The second kappa shape index (κ2) is 19.5. The Bertz CT molecular complexity index is 1020. The lowest BCUT2D eigenvalue weighted by molar-refractivity contribution is -0.132. The minimum atomic E-state index is -0.760. The summed E-state index contributed by atoms with van der Waals surface area (Å²) in [6, 6.07) is 4.37. The van der Waals surface area contributed by atoms with E-state index >= 15 is 0 Å². The molecule has 0 saturated heterocycles. The number of hydrogen-bond acceptors (Lipinski definition) is 9. The van der Waals surface area contributed by atoms with Gasteiger partial charge in [0.05, 0.1) is 52.9 Å². The Morgan fingerprint density at radius 2 is 1.18 bits per heavy atom. The van der Waals surface area contributed by atoms with Gasteiger partial charge in [0.1, 0.15) is 19.3 Å². The molecule has 0 bridgehead atoms. The molecule has 0 saturated carbocycles. The summed E-state index contributed by atoms with van der Waals surface area (Å²) in [5, 5.41) is 8.73. The first-order chi connectivity index (χ1) is 20.9. The van der Waals surface area contributed by atoms with Crippen LogP contribution in [0.15, 0.2) is 18.2 Å². The molecule has 1 aliphatic rings. The SMILES string of the molecule is CC(C)(C)C(=O)NCCCC[C@H](NC(=O)C(C)(C)C)C(=O)Nc1ccc2c(c1)OCCOCCOCCOCCOCCO2. The minimum absolute atomic E-state index is 0.0268. The van der Waals surface area contributed by atoms with E-state index in [1.54, 1.807) is 39.0 Å². The topological polar surface area (TPSA) is 143 Å². The van der Waals surface area contributed by atoms with E-state index in [0.29, 0.717) is 102 Å². The summed E-state index contributed by atoms with van der Waals surface area (Å²) in [7, 11) is 0. The van der Waals surface area contributed by atoms with Gasteiger partial charge < -0.3 is 44.4 Å². The molecular formula is C32H53N3O9. The smallest absolute Gasteiger partial charge is 0.246 e. The van der Waals surface area contributed by atoms with Crippen molar-refractivity contribution in [1.29, 1.82) is 0 Å². The normalized spacial score (nSPS) is 17.0. The molecule has 3 N–H and O–H groups in total. The fraction of sp³-hybridized carbons (Fsp3) is 0.719. The third kappa shape index (κ3) is 15.2. The third-order valence-electron chi connectivity index (χ3n) is 6.49. The van der Waals surface area contributed by atoms with E-state index in [0.717, 1.165) is 0 Å². The standard InChI is InChI=1S/C32H53N3O9/c1-31(2,3)29(37)33-12-8-7-9-25(35-30(38)32(4,5)6)28(36)34-24-10-11-26-27(23-24)44-22-20-42-18-16-40-14-13-39-15-17-41-19-21-43-26/h10-11,23,25H,7-9,12-22H2,1-6H3,(H,33,37)(H,34,36)(H,35,38)/t25-/m0/s1. The van der Waals surface area contributed by atoms with Crippen LogP contribution < -0.4 is 25.4 Å². The maximum absolute atomic E-state index is 13.4. The lowest BCUT2D eigenvalue weighted by Gasteiger charge is -2.24. The molecule has 1 heterocycles. The maximum Gasteiger partial charge on any atom is 0.246 e. The molecule has 2 rings (SSSR count). The average molecular weight is 624 g/mol. The summed E-state index contributed by atoms with van der Waals surface area (Å²) in [6.45, 7) is 15.5. The number of amides is 3. The summed E-state index contributed by atoms with van der Waals surface area (Å²) in [6.07, 6.45) is 1.72. The lowest BCUT2D eigenvalue weighted by Crippen LogP contribution is -2.47. The Balaban J connectivity index is 2.06. The highest BCUT2D eigenvalue weighted by atomic mass is 16.6. The Labute approximate surface area is 262 Å². The number of nitrogens with one attached hydrogen (secondary N) is 3. The summed E-state index contributed by atoms with van der Waals surface area (Å²) in [5.74, 6) is 0.345. The summed E-state index contributed by atoms with van der Waals surface area (Å²) in [5.41, 5.74) is -0.639. The Morgan fingerprint density at radius 3 is 1.70 bits per heavy atom. The number of carbonyl (C=O) groups is 3. The van der Waals surface area contributed by atoms with Crippen LogP contribution >= 0.6 is 0 Å². The monoisotopic (exact) mass is 623 g/mol. The van der Waals surface area contributed by atoms with Gasteiger partial charge in [0.2, 0.25) is 17.7 Å². The zero-order valence-electron chi connectivity index (χ0n) is 27.4. The Morgan fingerprint density at radius 1 is 0.682 bits per heavy atom. The Kier molecular flexibility index (Phi) is 16.5. The van der Waals surface area contributed by atoms with Crippen LogP contribution in [-0.4, -0.2) is 96.4 Å². The number of carbonyl (C=O) groups excluding carboxylic acids is 3. The van der Waals surface area contributed by atoms with E-state index in [9.17, 15) is 14.4 Å². The van der Waals surface area contributed by atoms with Crippen LogP contribution in [-0.2, 0) is 33.3 Å². The van der Waals surface area contributed by atoms with E-state index < -0.39 is 16.9 Å². The fourth-order valence-electron chi connectivity index (χ4n) is 3.81. The van der Waals surface area contributed by atoms with Gasteiger partial charge in [0, 0.05) is 29.1 Å². The summed E-state index contributed by atoms with van der Waals surface area (Å²) >= 11 is 0. The highest BCUT2D eigenvalue weighted by Crippen LogP contribution is 2.31. The van der Waals surface area contributed by atoms with Crippen LogP contribution in [0, 0.1) is 10.8 Å². The number of anilines is 1. The first-order valence-corrected chi connectivity index (χ1v) is 15.5. The molecule has 0 aliphatic carbocycles. The van der Waals surface area contributed by atoms with E-state index in [4.69, 9.17) is 28.4 Å². The van der Waals surface area contributed by atoms with Gasteiger partial charge in [-0.25, -0.2) is 0 Å². The van der Waals surface area contributed by atoms with Crippen molar-refractivity contribution in [3.8, 4) is 11.5 Å². The molecule has 0 spiro atoms. The maximum atomic E-state index is 13.4. The van der Waals surface area contributed by atoms with Crippen LogP contribution in [0.5, 0.6) is 11.5 Å². The molecule has 0 aromatic heterocycles. The molecule has 1 aromatic rings. The van der Waals surface area contributed by atoms with Crippen LogP contribution in [0.2, 0.25) is 0 Å². The first kappa shape index (κ1) is 37.3. The average Bonchev–Trinajstić information content (AvgIpc) is 2.95. The van der Waals surface area contributed by atoms with Crippen molar-refractivity contribution in [2.75, 3.05) is 77.9 Å². The molecule has 44 heavy (non-hydrogen) atoms. The number of unbranched alkanes of at least 4 members (excludes halogenated alkanes) is 1. The molecule has 250 valence electrons. The van der Waals surface area contributed by atoms with Crippen molar-refractivity contribution < 1.29 is 42.8 Å². The zero-order chi connectivity index (χ0) is 32.4. The second-order valence-electron chi connectivity index (χ2n) is 12.6. The van der Waals surface area contributed by atoms with Crippen LogP contribution in [0.25, 0.3) is 0 Å². The van der Waals surface area contributed by atoms with Gasteiger partial charge >= 0.3 is 0 Å². The van der Waals surface area contributed by atoms with E-state index in [1.165, 1.54) is 0 Å². The van der Waals surface area contributed by atoms with Gasteiger partial charge in [-0.3, -0.25) is 14.4 Å². The van der Waals surface area contributed by atoms with Crippen molar-refractivity contribution >= 4 is 23.4 Å². The molecule has 3 amide bonds. The largest absolute Gasteiger partial charge is 0.487 e. The van der Waals surface area contributed by atoms with Gasteiger partial charge in [-0.15, -0.1) is 0 Å². The van der Waals surface area contributed by atoms with Gasteiger partial charge in [0.25, 0.3) is 0 Å². The quantitative estimate of drug-likeness (QED) is 0.372. The van der Waals surface area contributed by atoms with E-state index in [-0.39, 0.29) is 24.3 Å². The van der Waals surface area contributed by atoms with Crippen molar-refractivity contribution in [1.82, 2.24) is 10.6 Å². The zero-order valence-corrected chi connectivity index (χ0v) is 27.4. The predicted octanol–water partition coefficient (Wildman–Crippen LogP) is 3.33. The van der Waals surface area contributed by atoms with E-state index in [2.05, 4.69) is 16.0 Å². The predicted molar refractivity (Wildman–Crippen MR) is 167 cm³/mol. The highest BCUT2D eigenvalue weighted by Gasteiger charge is 2.28. The lowest BCUT2D eigenvalue weighted by atomic mass is 9.94. The number of rotatable bonds is 8. The molecule has 1 atom stereocenters. The Hall–Kier alpha value is -2.93. The number of benzene rings is 1. The first-order valence-electron chi connectivity index (χ1n) is 15.5. The van der Waals surface area contributed by atoms with Crippen LogP contribution in [0.1, 0.15) is 60.8 Å². The molecule has 1 aliphatic heterocycles. The molecule has 0 unspecified atom stereocenters. The van der Waals surface area contributed by atoms with Gasteiger partial charge in [-0.05, 0) is 31.4 Å². The molecule has 12 nitrogen and oxygen atoms in total. The molecule has 1 aromatic carbocycles. The van der Waals surface area contributed by atoms with E-state index in [1.807, 2.05) is 20.8 Å². The number of hydrogen-bond donors (Lipinski definition) is 3. The fourth-order valence-corrected chi connectivity index (χ4v) is 3.81. The molecule has 12 heteroatoms. The van der Waals surface area contributed by atoms with Crippen molar-refractivity contribution in [2.45, 2.75) is 66.8 Å². The number of ether oxygens (including phenoxy) is 6. The summed E-state index contributed by atoms with van der Waals surface area (Å²) in [4.78, 5) is 38.4. The van der Waals surface area contributed by atoms with Gasteiger partial charge in [0.15, 0.2) is 11.5 Å². The summed E-state index contributed by atoms with van der Waals surface area (Å²) < 4.78 is 33.9. The van der Waals surface area contributed by atoms with Crippen LogP contribution in [0.3, 0.4) is 0 Å². The van der Waals surface area contributed by atoms with Gasteiger partial charge in [-0.1, -0.05) is 41.5 Å². The molecule has 0 radical (unpaired) electrons. The molecule has 0 fully saturated rings. The number of fused-ring (bicyclic) bond motifs is 1. The van der Waals surface area contributed by atoms with Crippen molar-refractivity contribution in [3.05, 3.63) is 18.2 Å².